The van der Waals surface area contributed by atoms with Crippen molar-refractivity contribution in [3.05, 3.63) is 54.0 Å². The largest absolute Gasteiger partial charge is 0.354 e. The first kappa shape index (κ1) is 15.4. The van der Waals surface area contributed by atoms with E-state index in [2.05, 4.69) is 32.1 Å². The van der Waals surface area contributed by atoms with Gasteiger partial charge in [0.15, 0.2) is 0 Å². The third-order valence-electron chi connectivity index (χ3n) is 4.03. The van der Waals surface area contributed by atoms with E-state index in [1.807, 2.05) is 18.3 Å². The average Bonchev–Trinajstić information content (AvgIpc) is 2.61. The fourth-order valence-corrected chi connectivity index (χ4v) is 2.53. The summed E-state index contributed by atoms with van der Waals surface area (Å²) in [6.07, 6.45) is 5.06. The average molecular weight is 311 g/mol. The van der Waals surface area contributed by atoms with Gasteiger partial charge in [0.05, 0.1) is 0 Å². The number of hydrogen-bond donors (Lipinski definition) is 1. The molecule has 0 unspecified atom stereocenters. The monoisotopic (exact) mass is 311 g/mol. The standard InChI is InChI=1S/C17H21N5O/c1-21-8-10-22(11-9-21)16-3-2-14(12-19-16)13-20-17(23)15-4-6-18-7-5-15/h2-7,12H,8-11,13H2,1H3,(H,20,23). The van der Waals surface area contributed by atoms with E-state index >= 15 is 0 Å². The van der Waals surface area contributed by atoms with E-state index in [9.17, 15) is 4.79 Å². The van der Waals surface area contributed by atoms with Crippen molar-refractivity contribution in [1.82, 2.24) is 20.2 Å². The lowest BCUT2D eigenvalue weighted by molar-refractivity contribution is 0.0951. The van der Waals surface area contributed by atoms with Gasteiger partial charge in [-0.3, -0.25) is 9.78 Å². The summed E-state index contributed by atoms with van der Waals surface area (Å²) < 4.78 is 0. The van der Waals surface area contributed by atoms with Gasteiger partial charge in [-0.2, -0.15) is 0 Å². The number of anilines is 1. The molecule has 1 amide bonds. The molecule has 120 valence electrons. The molecule has 0 atom stereocenters. The molecule has 1 aliphatic heterocycles. The Morgan fingerprint density at radius 3 is 2.52 bits per heavy atom. The predicted octanol–water partition coefficient (Wildman–Crippen LogP) is 1.16. The molecular weight excluding hydrogens is 290 g/mol. The summed E-state index contributed by atoms with van der Waals surface area (Å²) in [6, 6.07) is 7.45. The van der Waals surface area contributed by atoms with Crippen LogP contribution in [0.2, 0.25) is 0 Å². The van der Waals surface area contributed by atoms with Crippen LogP contribution in [0.25, 0.3) is 0 Å². The maximum absolute atomic E-state index is 12.0. The maximum atomic E-state index is 12.0. The number of hydrogen-bond acceptors (Lipinski definition) is 5. The van der Waals surface area contributed by atoms with E-state index in [0.717, 1.165) is 37.6 Å². The molecule has 6 nitrogen and oxygen atoms in total. The number of carbonyl (C=O) groups is 1. The lowest BCUT2D eigenvalue weighted by Gasteiger charge is -2.33. The van der Waals surface area contributed by atoms with E-state index < -0.39 is 0 Å². The van der Waals surface area contributed by atoms with Gasteiger partial charge in [0, 0.05) is 56.9 Å². The molecule has 0 bridgehead atoms. The zero-order chi connectivity index (χ0) is 16.1. The summed E-state index contributed by atoms with van der Waals surface area (Å²) in [6.45, 7) is 4.59. The predicted molar refractivity (Wildman–Crippen MR) is 89.4 cm³/mol. The van der Waals surface area contributed by atoms with Crippen molar-refractivity contribution in [3.8, 4) is 0 Å². The minimum absolute atomic E-state index is 0.101. The summed E-state index contributed by atoms with van der Waals surface area (Å²) in [4.78, 5) is 25.0. The van der Waals surface area contributed by atoms with E-state index in [4.69, 9.17) is 0 Å². The molecule has 23 heavy (non-hydrogen) atoms. The van der Waals surface area contributed by atoms with Crippen molar-refractivity contribution >= 4 is 11.7 Å². The second-order valence-electron chi connectivity index (χ2n) is 5.73. The fourth-order valence-electron chi connectivity index (χ4n) is 2.53. The molecular formula is C17H21N5O. The Morgan fingerprint density at radius 1 is 1.13 bits per heavy atom. The number of nitrogens with one attached hydrogen (secondary N) is 1. The highest BCUT2D eigenvalue weighted by molar-refractivity contribution is 5.93. The molecule has 1 aliphatic rings. The third kappa shape index (κ3) is 4.04. The summed E-state index contributed by atoms with van der Waals surface area (Å²) in [5, 5.41) is 2.89. The van der Waals surface area contributed by atoms with Crippen LogP contribution >= 0.6 is 0 Å². The summed E-state index contributed by atoms with van der Waals surface area (Å²) in [5.74, 6) is 0.901. The molecule has 1 N–H and O–H groups in total. The number of amides is 1. The van der Waals surface area contributed by atoms with Gasteiger partial charge in [-0.25, -0.2) is 4.98 Å². The number of likely N-dealkylation sites (N-methyl/N-ethyl adjacent to an activating group) is 1. The first-order valence-electron chi connectivity index (χ1n) is 7.79. The highest BCUT2D eigenvalue weighted by Crippen LogP contribution is 2.13. The second kappa shape index (κ2) is 7.19. The van der Waals surface area contributed by atoms with Gasteiger partial charge < -0.3 is 15.1 Å². The van der Waals surface area contributed by atoms with Crippen LogP contribution in [0.3, 0.4) is 0 Å². The summed E-state index contributed by atoms with van der Waals surface area (Å²) >= 11 is 0. The smallest absolute Gasteiger partial charge is 0.251 e. The van der Waals surface area contributed by atoms with Crippen molar-refractivity contribution in [2.75, 3.05) is 38.1 Å². The van der Waals surface area contributed by atoms with E-state index in [1.54, 1.807) is 24.5 Å². The number of carbonyl (C=O) groups excluding carboxylic acids is 1. The third-order valence-corrected chi connectivity index (χ3v) is 4.03. The van der Waals surface area contributed by atoms with E-state index in [-0.39, 0.29) is 5.91 Å². The Kier molecular flexibility index (Phi) is 4.83. The van der Waals surface area contributed by atoms with Gasteiger partial charge in [-0.1, -0.05) is 6.07 Å². The van der Waals surface area contributed by atoms with Crippen LogP contribution in [0.5, 0.6) is 0 Å². The molecule has 3 rings (SSSR count). The van der Waals surface area contributed by atoms with Crippen LogP contribution in [0.15, 0.2) is 42.9 Å². The van der Waals surface area contributed by atoms with Crippen molar-refractivity contribution in [1.29, 1.82) is 0 Å². The molecule has 2 aromatic rings. The highest BCUT2D eigenvalue weighted by atomic mass is 16.1. The molecule has 1 fully saturated rings. The number of rotatable bonds is 4. The summed E-state index contributed by atoms with van der Waals surface area (Å²) in [7, 11) is 2.14. The topological polar surface area (TPSA) is 61.4 Å². The van der Waals surface area contributed by atoms with Gasteiger partial charge in [0.1, 0.15) is 5.82 Å². The number of nitrogens with zero attached hydrogens (tertiary/aromatic N) is 4. The van der Waals surface area contributed by atoms with Gasteiger partial charge >= 0.3 is 0 Å². The van der Waals surface area contributed by atoms with Crippen molar-refractivity contribution in [2.45, 2.75) is 6.54 Å². The van der Waals surface area contributed by atoms with Crippen molar-refractivity contribution in [3.63, 3.8) is 0 Å². The van der Waals surface area contributed by atoms with E-state index in [1.165, 1.54) is 0 Å². The Hall–Kier alpha value is -2.47. The molecule has 0 spiro atoms. The number of pyridine rings is 2. The fraction of sp³-hybridized carbons (Fsp3) is 0.353. The number of piperazine rings is 1. The van der Waals surface area contributed by atoms with Crippen LogP contribution < -0.4 is 10.2 Å². The van der Waals surface area contributed by atoms with Crippen LogP contribution in [-0.4, -0.2) is 54.0 Å². The summed E-state index contributed by atoms with van der Waals surface area (Å²) in [5.41, 5.74) is 1.60. The second-order valence-corrected chi connectivity index (χ2v) is 5.73. The Labute approximate surface area is 136 Å². The zero-order valence-electron chi connectivity index (χ0n) is 13.3. The first-order chi connectivity index (χ1) is 11.2. The zero-order valence-corrected chi connectivity index (χ0v) is 13.3. The van der Waals surface area contributed by atoms with Gasteiger partial charge in [-0.05, 0) is 30.8 Å². The highest BCUT2D eigenvalue weighted by Gasteiger charge is 2.15. The van der Waals surface area contributed by atoms with Crippen LogP contribution in [0.1, 0.15) is 15.9 Å². The molecule has 0 aliphatic carbocycles. The van der Waals surface area contributed by atoms with Crippen LogP contribution in [0, 0.1) is 0 Å². The van der Waals surface area contributed by atoms with E-state index in [0.29, 0.717) is 12.1 Å². The molecule has 1 saturated heterocycles. The minimum atomic E-state index is -0.101. The normalized spacial score (nSPS) is 15.4. The van der Waals surface area contributed by atoms with Crippen molar-refractivity contribution < 1.29 is 4.79 Å². The molecule has 6 heteroatoms. The molecule has 0 saturated carbocycles. The Balaban J connectivity index is 1.54. The van der Waals surface area contributed by atoms with Crippen LogP contribution in [-0.2, 0) is 6.54 Å². The lowest BCUT2D eigenvalue weighted by Crippen LogP contribution is -2.44. The SMILES string of the molecule is CN1CCN(c2ccc(CNC(=O)c3ccncc3)cn2)CC1. The minimum Gasteiger partial charge on any atom is -0.354 e. The molecule has 2 aromatic heterocycles. The lowest BCUT2D eigenvalue weighted by atomic mass is 10.2. The molecule has 0 aromatic carbocycles. The number of aromatic nitrogens is 2. The molecule has 0 radical (unpaired) electrons. The van der Waals surface area contributed by atoms with Gasteiger partial charge in [0.25, 0.3) is 5.91 Å². The van der Waals surface area contributed by atoms with Gasteiger partial charge in [-0.15, -0.1) is 0 Å². The Bertz CT molecular complexity index is 636. The Morgan fingerprint density at radius 2 is 1.87 bits per heavy atom. The van der Waals surface area contributed by atoms with Gasteiger partial charge in [0.2, 0.25) is 0 Å². The molecule has 3 heterocycles. The first-order valence-corrected chi connectivity index (χ1v) is 7.79. The van der Waals surface area contributed by atoms with Crippen molar-refractivity contribution in [2.24, 2.45) is 0 Å². The quantitative estimate of drug-likeness (QED) is 0.918. The maximum Gasteiger partial charge on any atom is 0.251 e. The van der Waals surface area contributed by atoms with Crippen LogP contribution in [0.4, 0.5) is 5.82 Å².